The van der Waals surface area contributed by atoms with Gasteiger partial charge < -0.3 is 15.4 Å². The molecule has 160 valence electrons. The number of nitrogens with zero attached hydrogens (tertiary/aromatic N) is 2. The number of hydrogen-bond acceptors (Lipinski definition) is 5. The maximum atomic E-state index is 13.3. The van der Waals surface area contributed by atoms with E-state index in [-0.39, 0.29) is 23.5 Å². The molecule has 30 heavy (non-hydrogen) atoms. The molecule has 0 spiro atoms. The molecular formula is C23H30N4O3. The maximum Gasteiger partial charge on any atom is 0.331 e. The van der Waals surface area contributed by atoms with Gasteiger partial charge in [0.15, 0.2) is 0 Å². The zero-order chi connectivity index (χ0) is 21.4. The van der Waals surface area contributed by atoms with E-state index < -0.39 is 5.54 Å². The Hall–Kier alpha value is -2.83. The van der Waals surface area contributed by atoms with Gasteiger partial charge in [-0.2, -0.15) is 5.10 Å². The summed E-state index contributed by atoms with van der Waals surface area (Å²) in [5.74, 6) is 0.0287. The molecule has 1 aliphatic carbocycles. The summed E-state index contributed by atoms with van der Waals surface area (Å²) in [6.07, 6.45) is 6.48. The number of aromatic nitrogens is 2. The summed E-state index contributed by atoms with van der Waals surface area (Å²) >= 11 is 0. The highest BCUT2D eigenvalue weighted by atomic mass is 16.5. The third-order valence-corrected chi connectivity index (χ3v) is 6.44. The minimum Gasteiger partial charge on any atom is -0.467 e. The number of nitrogens with one attached hydrogen (secondary N) is 2. The number of carbonyl (C=O) groups is 2. The number of benzene rings is 1. The SMILES string of the molecule is COC(=O)C1(NC(=O)c2cnn3c2NC(c2ccccc2)CC3(C)C)CCCCC1. The Morgan fingerprint density at radius 2 is 1.87 bits per heavy atom. The maximum absolute atomic E-state index is 13.3. The van der Waals surface area contributed by atoms with Gasteiger partial charge in [0.1, 0.15) is 16.9 Å². The highest BCUT2D eigenvalue weighted by molar-refractivity contribution is 6.01. The van der Waals surface area contributed by atoms with E-state index in [1.54, 1.807) is 6.20 Å². The Balaban J connectivity index is 1.64. The number of carbonyl (C=O) groups excluding carboxylic acids is 2. The zero-order valence-corrected chi connectivity index (χ0v) is 17.9. The Labute approximate surface area is 177 Å². The van der Waals surface area contributed by atoms with Gasteiger partial charge in [0.2, 0.25) is 0 Å². The number of esters is 1. The second-order valence-electron chi connectivity index (χ2n) is 9.03. The van der Waals surface area contributed by atoms with Crippen molar-refractivity contribution in [3.63, 3.8) is 0 Å². The van der Waals surface area contributed by atoms with E-state index >= 15 is 0 Å². The highest BCUT2D eigenvalue weighted by Gasteiger charge is 2.43. The van der Waals surface area contributed by atoms with Gasteiger partial charge in [-0.05, 0) is 38.7 Å². The molecule has 4 rings (SSSR count). The molecule has 1 unspecified atom stereocenters. The van der Waals surface area contributed by atoms with Crippen LogP contribution in [-0.4, -0.2) is 34.3 Å². The smallest absolute Gasteiger partial charge is 0.331 e. The molecule has 0 bridgehead atoms. The van der Waals surface area contributed by atoms with Crippen LogP contribution >= 0.6 is 0 Å². The van der Waals surface area contributed by atoms with Crippen LogP contribution in [0.3, 0.4) is 0 Å². The van der Waals surface area contributed by atoms with Gasteiger partial charge >= 0.3 is 5.97 Å². The average Bonchev–Trinajstić information content (AvgIpc) is 3.19. The fourth-order valence-corrected chi connectivity index (χ4v) is 4.82. The standard InChI is InChI=1S/C23H30N4O3/c1-22(2)14-18(16-10-6-4-7-11-16)25-19-17(15-24-27(19)22)20(28)26-23(21(29)30-3)12-8-5-9-13-23/h4,6-7,10-11,15,18,25H,5,8-9,12-14H2,1-3H3,(H,26,28). The van der Waals surface area contributed by atoms with Crippen molar-refractivity contribution < 1.29 is 14.3 Å². The largest absolute Gasteiger partial charge is 0.467 e. The molecule has 1 saturated carbocycles. The molecule has 7 nitrogen and oxygen atoms in total. The number of rotatable bonds is 4. The van der Waals surface area contributed by atoms with Crippen molar-refractivity contribution >= 4 is 17.7 Å². The molecule has 2 heterocycles. The Morgan fingerprint density at radius 1 is 1.17 bits per heavy atom. The molecule has 0 radical (unpaired) electrons. The molecular weight excluding hydrogens is 380 g/mol. The fourth-order valence-electron chi connectivity index (χ4n) is 4.82. The lowest BCUT2D eigenvalue weighted by atomic mass is 9.81. The third-order valence-electron chi connectivity index (χ3n) is 6.44. The summed E-state index contributed by atoms with van der Waals surface area (Å²) in [6.45, 7) is 4.25. The topological polar surface area (TPSA) is 85.2 Å². The Morgan fingerprint density at radius 3 is 2.53 bits per heavy atom. The van der Waals surface area contributed by atoms with Gasteiger partial charge in [0, 0.05) is 0 Å². The van der Waals surface area contributed by atoms with Crippen molar-refractivity contribution in [1.82, 2.24) is 15.1 Å². The molecule has 2 aromatic rings. The molecule has 1 atom stereocenters. The summed E-state index contributed by atoms with van der Waals surface area (Å²) in [5.41, 5.74) is 0.409. The van der Waals surface area contributed by atoms with Crippen molar-refractivity contribution in [3.05, 3.63) is 47.7 Å². The van der Waals surface area contributed by atoms with Gasteiger partial charge in [-0.3, -0.25) is 4.79 Å². The predicted molar refractivity (Wildman–Crippen MR) is 114 cm³/mol. The second kappa shape index (κ2) is 7.78. The first kappa shape index (κ1) is 20.4. The van der Waals surface area contributed by atoms with Gasteiger partial charge in [-0.25, -0.2) is 9.48 Å². The van der Waals surface area contributed by atoms with E-state index in [9.17, 15) is 9.59 Å². The van der Waals surface area contributed by atoms with Crippen molar-refractivity contribution in [1.29, 1.82) is 0 Å². The molecule has 2 aliphatic rings. The van der Waals surface area contributed by atoms with E-state index in [1.807, 2.05) is 22.9 Å². The van der Waals surface area contributed by atoms with Crippen LogP contribution < -0.4 is 10.6 Å². The highest BCUT2D eigenvalue weighted by Crippen LogP contribution is 2.40. The first-order valence-corrected chi connectivity index (χ1v) is 10.7. The zero-order valence-electron chi connectivity index (χ0n) is 17.9. The lowest BCUT2D eigenvalue weighted by Gasteiger charge is -2.39. The van der Waals surface area contributed by atoms with Crippen LogP contribution in [-0.2, 0) is 15.1 Å². The quantitative estimate of drug-likeness (QED) is 0.750. The van der Waals surface area contributed by atoms with Crippen LogP contribution in [0.5, 0.6) is 0 Å². The molecule has 1 fully saturated rings. The first-order chi connectivity index (χ1) is 14.4. The van der Waals surface area contributed by atoms with Gasteiger partial charge in [-0.15, -0.1) is 0 Å². The van der Waals surface area contributed by atoms with E-state index in [0.717, 1.165) is 25.7 Å². The van der Waals surface area contributed by atoms with Crippen molar-refractivity contribution in [2.45, 2.75) is 69.5 Å². The Kier molecular flexibility index (Phi) is 5.30. The van der Waals surface area contributed by atoms with E-state index in [4.69, 9.17) is 4.74 Å². The first-order valence-electron chi connectivity index (χ1n) is 10.7. The number of amides is 1. The van der Waals surface area contributed by atoms with Crippen LogP contribution in [0.4, 0.5) is 5.82 Å². The minimum atomic E-state index is -0.956. The number of methoxy groups -OCH3 is 1. The average molecular weight is 411 g/mol. The summed E-state index contributed by atoms with van der Waals surface area (Å²) in [4.78, 5) is 25.9. The van der Waals surface area contributed by atoms with E-state index in [2.05, 4.69) is 41.7 Å². The van der Waals surface area contributed by atoms with Crippen LogP contribution in [0.2, 0.25) is 0 Å². The van der Waals surface area contributed by atoms with Gasteiger partial charge in [0.05, 0.1) is 24.9 Å². The number of anilines is 1. The number of hydrogen-bond donors (Lipinski definition) is 2. The van der Waals surface area contributed by atoms with Gasteiger partial charge in [0.25, 0.3) is 5.91 Å². The minimum absolute atomic E-state index is 0.0706. The third kappa shape index (κ3) is 3.57. The fraction of sp³-hybridized carbons (Fsp3) is 0.522. The monoisotopic (exact) mass is 410 g/mol. The van der Waals surface area contributed by atoms with Crippen molar-refractivity contribution in [2.24, 2.45) is 0 Å². The predicted octanol–water partition coefficient (Wildman–Crippen LogP) is 3.78. The molecule has 1 aromatic carbocycles. The summed E-state index contributed by atoms with van der Waals surface area (Å²) in [6, 6.07) is 10.3. The summed E-state index contributed by atoms with van der Waals surface area (Å²) < 4.78 is 6.92. The number of ether oxygens (including phenoxy) is 1. The van der Waals surface area contributed by atoms with Crippen molar-refractivity contribution in [3.8, 4) is 0 Å². The van der Waals surface area contributed by atoms with Crippen LogP contribution in [0, 0.1) is 0 Å². The van der Waals surface area contributed by atoms with Crippen molar-refractivity contribution in [2.75, 3.05) is 12.4 Å². The molecule has 1 amide bonds. The van der Waals surface area contributed by atoms with Crippen LogP contribution in [0.15, 0.2) is 36.5 Å². The molecule has 1 aliphatic heterocycles. The van der Waals surface area contributed by atoms with E-state index in [0.29, 0.717) is 24.2 Å². The second-order valence-corrected chi connectivity index (χ2v) is 9.03. The van der Waals surface area contributed by atoms with Crippen LogP contribution in [0.25, 0.3) is 0 Å². The lowest BCUT2D eigenvalue weighted by molar-refractivity contribution is -0.149. The summed E-state index contributed by atoms with van der Waals surface area (Å²) in [7, 11) is 1.38. The molecule has 0 saturated heterocycles. The molecule has 1 aromatic heterocycles. The molecule has 7 heteroatoms. The van der Waals surface area contributed by atoms with Crippen LogP contribution in [0.1, 0.15) is 74.3 Å². The lowest BCUT2D eigenvalue weighted by Crippen LogP contribution is -2.56. The number of fused-ring (bicyclic) bond motifs is 1. The molecule has 2 N–H and O–H groups in total. The summed E-state index contributed by atoms with van der Waals surface area (Å²) in [5, 5.41) is 11.0. The normalized spacial score (nSPS) is 21.8. The Bertz CT molecular complexity index is 929. The van der Waals surface area contributed by atoms with Gasteiger partial charge in [-0.1, -0.05) is 49.6 Å². The van der Waals surface area contributed by atoms with E-state index in [1.165, 1.54) is 12.7 Å².